The second-order valence-corrected chi connectivity index (χ2v) is 6.82. The molecule has 0 amide bonds. The van der Waals surface area contributed by atoms with E-state index in [4.69, 9.17) is 11.6 Å². The molecule has 0 radical (unpaired) electrons. The van der Waals surface area contributed by atoms with E-state index in [9.17, 15) is 0 Å². The lowest BCUT2D eigenvalue weighted by molar-refractivity contribution is 0.237. The molecule has 1 N–H and O–H groups in total. The number of piperidine rings is 1. The highest BCUT2D eigenvalue weighted by molar-refractivity contribution is 7.18. The number of anilines is 1. The monoisotopic (exact) mass is 310 g/mol. The zero-order valence-electron chi connectivity index (χ0n) is 11.7. The Bertz CT molecular complexity index is 592. The molecule has 20 heavy (non-hydrogen) atoms. The van der Waals surface area contributed by atoms with Gasteiger partial charge >= 0.3 is 0 Å². The normalized spacial score (nSPS) is 16.7. The van der Waals surface area contributed by atoms with Gasteiger partial charge in [0.2, 0.25) is 5.28 Å². The van der Waals surface area contributed by atoms with Gasteiger partial charge in [0.05, 0.1) is 5.39 Å². The number of nitrogens with zero attached hydrogens (tertiary/aromatic N) is 3. The highest BCUT2D eigenvalue weighted by atomic mass is 35.5. The maximum absolute atomic E-state index is 5.99. The minimum absolute atomic E-state index is 0.319. The van der Waals surface area contributed by atoms with Crippen molar-refractivity contribution in [2.45, 2.75) is 26.2 Å². The summed E-state index contributed by atoms with van der Waals surface area (Å²) in [7, 11) is 0. The molecule has 0 aliphatic carbocycles. The van der Waals surface area contributed by atoms with Crippen LogP contribution in [0.15, 0.2) is 6.07 Å². The van der Waals surface area contributed by atoms with Crippen LogP contribution in [0.5, 0.6) is 0 Å². The molecular formula is C14H19ClN4S. The molecule has 1 saturated heterocycles. The lowest BCUT2D eigenvalue weighted by Gasteiger charge is -2.26. The largest absolute Gasteiger partial charge is 0.368 e. The van der Waals surface area contributed by atoms with Gasteiger partial charge < -0.3 is 10.2 Å². The van der Waals surface area contributed by atoms with Gasteiger partial charge in [0.25, 0.3) is 0 Å². The molecule has 4 nitrogen and oxygen atoms in total. The van der Waals surface area contributed by atoms with Crippen molar-refractivity contribution in [3.63, 3.8) is 0 Å². The number of rotatable bonds is 4. The van der Waals surface area contributed by atoms with Crippen molar-refractivity contribution in [1.29, 1.82) is 0 Å². The number of likely N-dealkylation sites (tertiary alicyclic amines) is 1. The number of halogens is 1. The van der Waals surface area contributed by atoms with Crippen LogP contribution in [0, 0.1) is 6.92 Å². The van der Waals surface area contributed by atoms with Crippen LogP contribution in [0.1, 0.15) is 24.1 Å². The van der Waals surface area contributed by atoms with Gasteiger partial charge in [0.15, 0.2) is 0 Å². The van der Waals surface area contributed by atoms with Crippen LogP contribution in [-0.4, -0.2) is 41.0 Å². The minimum atomic E-state index is 0.319. The number of aryl methyl sites for hydroxylation is 1. The number of fused-ring (bicyclic) bond motifs is 1. The lowest BCUT2D eigenvalue weighted by atomic mass is 10.1. The summed E-state index contributed by atoms with van der Waals surface area (Å²) in [4.78, 5) is 13.3. The van der Waals surface area contributed by atoms with Crippen molar-refractivity contribution in [1.82, 2.24) is 14.9 Å². The molecule has 0 unspecified atom stereocenters. The average Bonchev–Trinajstić information content (AvgIpc) is 2.80. The standard InChI is InChI=1S/C14H19ClN4S/c1-10-9-11-12(17-14(15)18-13(11)20-10)16-5-8-19-6-3-2-4-7-19/h9H,2-8H2,1H3,(H,16,17,18). The highest BCUT2D eigenvalue weighted by Crippen LogP contribution is 2.29. The van der Waals surface area contributed by atoms with Crippen LogP contribution in [0.4, 0.5) is 5.82 Å². The first-order valence-corrected chi connectivity index (χ1v) is 8.32. The number of thiophene rings is 1. The molecule has 0 bridgehead atoms. The molecule has 0 atom stereocenters. The van der Waals surface area contributed by atoms with Crippen molar-refractivity contribution >= 4 is 39.0 Å². The Morgan fingerprint density at radius 3 is 2.90 bits per heavy atom. The molecule has 0 spiro atoms. The van der Waals surface area contributed by atoms with Crippen molar-refractivity contribution in [3.05, 3.63) is 16.2 Å². The van der Waals surface area contributed by atoms with Crippen LogP contribution >= 0.6 is 22.9 Å². The molecule has 2 aromatic rings. The Labute approximate surface area is 128 Å². The summed E-state index contributed by atoms with van der Waals surface area (Å²) in [6.45, 7) is 6.49. The quantitative estimate of drug-likeness (QED) is 0.877. The van der Waals surface area contributed by atoms with Crippen LogP contribution in [0.25, 0.3) is 10.2 Å². The van der Waals surface area contributed by atoms with E-state index in [1.165, 1.54) is 37.2 Å². The summed E-state index contributed by atoms with van der Waals surface area (Å²) in [5, 5.41) is 4.82. The first-order valence-electron chi connectivity index (χ1n) is 7.12. The fourth-order valence-corrected chi connectivity index (χ4v) is 3.76. The van der Waals surface area contributed by atoms with Gasteiger partial charge in [0.1, 0.15) is 10.6 Å². The van der Waals surface area contributed by atoms with E-state index in [-0.39, 0.29) is 0 Å². The van der Waals surface area contributed by atoms with Gasteiger partial charge in [-0.15, -0.1) is 11.3 Å². The third-order valence-corrected chi connectivity index (χ3v) is 4.77. The summed E-state index contributed by atoms with van der Waals surface area (Å²) < 4.78 is 0. The van der Waals surface area contributed by atoms with Crippen molar-refractivity contribution in [3.8, 4) is 0 Å². The molecule has 108 valence electrons. The molecule has 0 saturated carbocycles. The van der Waals surface area contributed by atoms with Crippen molar-refractivity contribution < 1.29 is 0 Å². The zero-order valence-corrected chi connectivity index (χ0v) is 13.2. The predicted octanol–water partition coefficient (Wildman–Crippen LogP) is 3.55. The Balaban J connectivity index is 1.67. The van der Waals surface area contributed by atoms with E-state index < -0.39 is 0 Å². The van der Waals surface area contributed by atoms with Crippen LogP contribution in [0.3, 0.4) is 0 Å². The number of nitrogens with one attached hydrogen (secondary N) is 1. The number of aromatic nitrogens is 2. The number of hydrogen-bond donors (Lipinski definition) is 1. The molecule has 3 heterocycles. The van der Waals surface area contributed by atoms with Crippen molar-refractivity contribution in [2.24, 2.45) is 0 Å². The van der Waals surface area contributed by atoms with Crippen LogP contribution in [-0.2, 0) is 0 Å². The lowest BCUT2D eigenvalue weighted by Crippen LogP contribution is -2.33. The van der Waals surface area contributed by atoms with Gasteiger partial charge in [-0.05, 0) is 50.5 Å². The maximum Gasteiger partial charge on any atom is 0.225 e. The summed E-state index contributed by atoms with van der Waals surface area (Å²) in [6.07, 6.45) is 4.03. The Morgan fingerprint density at radius 2 is 2.10 bits per heavy atom. The predicted molar refractivity (Wildman–Crippen MR) is 85.9 cm³/mol. The smallest absolute Gasteiger partial charge is 0.225 e. The second-order valence-electron chi connectivity index (χ2n) is 5.25. The van der Waals surface area contributed by atoms with Gasteiger partial charge in [-0.2, -0.15) is 0 Å². The van der Waals surface area contributed by atoms with Gasteiger partial charge in [-0.3, -0.25) is 0 Å². The van der Waals surface area contributed by atoms with Gasteiger partial charge in [-0.1, -0.05) is 6.42 Å². The molecule has 0 aromatic carbocycles. The van der Waals surface area contributed by atoms with Crippen molar-refractivity contribution in [2.75, 3.05) is 31.5 Å². The average molecular weight is 311 g/mol. The summed E-state index contributed by atoms with van der Waals surface area (Å²) in [5.74, 6) is 0.862. The molecule has 2 aromatic heterocycles. The zero-order chi connectivity index (χ0) is 13.9. The highest BCUT2D eigenvalue weighted by Gasteiger charge is 2.11. The van der Waals surface area contributed by atoms with Gasteiger partial charge in [-0.25, -0.2) is 9.97 Å². The summed E-state index contributed by atoms with van der Waals surface area (Å²) >= 11 is 7.65. The molecular weight excluding hydrogens is 292 g/mol. The van der Waals surface area contributed by atoms with E-state index in [0.29, 0.717) is 5.28 Å². The first kappa shape index (κ1) is 14.0. The van der Waals surface area contributed by atoms with E-state index in [1.807, 2.05) is 0 Å². The van der Waals surface area contributed by atoms with E-state index in [0.717, 1.165) is 29.1 Å². The fraction of sp³-hybridized carbons (Fsp3) is 0.571. The third kappa shape index (κ3) is 3.22. The third-order valence-electron chi connectivity index (χ3n) is 3.66. The minimum Gasteiger partial charge on any atom is -0.368 e. The molecule has 1 aliphatic rings. The fourth-order valence-electron chi connectivity index (χ4n) is 2.67. The van der Waals surface area contributed by atoms with Gasteiger partial charge in [0, 0.05) is 18.0 Å². The number of hydrogen-bond acceptors (Lipinski definition) is 5. The van der Waals surface area contributed by atoms with E-state index >= 15 is 0 Å². The topological polar surface area (TPSA) is 41.0 Å². The summed E-state index contributed by atoms with van der Waals surface area (Å²) in [5.41, 5.74) is 0. The first-order chi connectivity index (χ1) is 9.72. The Morgan fingerprint density at radius 1 is 1.30 bits per heavy atom. The molecule has 1 aliphatic heterocycles. The van der Waals surface area contributed by atoms with E-state index in [2.05, 4.69) is 33.2 Å². The van der Waals surface area contributed by atoms with E-state index in [1.54, 1.807) is 11.3 Å². The SMILES string of the molecule is Cc1cc2c(NCCN3CCCCC3)nc(Cl)nc2s1. The Kier molecular flexibility index (Phi) is 4.38. The molecule has 6 heteroatoms. The second kappa shape index (κ2) is 6.24. The Hall–Kier alpha value is -0.910. The van der Waals surface area contributed by atoms with Crippen LogP contribution in [0.2, 0.25) is 5.28 Å². The van der Waals surface area contributed by atoms with Crippen LogP contribution < -0.4 is 5.32 Å². The molecule has 1 fully saturated rings. The summed E-state index contributed by atoms with van der Waals surface area (Å²) in [6, 6.07) is 2.12. The maximum atomic E-state index is 5.99. The molecule has 3 rings (SSSR count).